The van der Waals surface area contributed by atoms with Crippen LogP contribution in [-0.4, -0.2) is 13.4 Å². The minimum atomic E-state index is -0.0760. The molecule has 0 atom stereocenters. The quantitative estimate of drug-likeness (QED) is 0.151. The molecule has 6 heterocycles. The topological polar surface area (TPSA) is 40.7 Å². The first-order valence-corrected chi connectivity index (χ1v) is 33.0. The molecule has 12 aromatic carbocycles. The molecular weight excluding hydrogens is 1150 g/mol. The molecule has 0 radical (unpaired) electrons. The number of allylic oxidation sites excluding steroid dienone is 3. The average molecular weight is 1210 g/mol. The highest BCUT2D eigenvalue weighted by atomic mass is 32.2. The van der Waals surface area contributed by atoms with E-state index in [9.17, 15) is 0 Å². The first-order chi connectivity index (χ1) is 45.2. The number of rotatable bonds is 6. The molecule has 1 aliphatic carbocycles. The minimum absolute atomic E-state index is 0.0760. The predicted octanol–water partition coefficient (Wildman–Crippen LogP) is 18.8. The summed E-state index contributed by atoms with van der Waals surface area (Å²) >= 11 is 3.62. The third-order valence-electron chi connectivity index (χ3n) is 17.9. The van der Waals surface area contributed by atoms with Gasteiger partial charge in [-0.15, -0.1) is 0 Å². The zero-order valence-corrected chi connectivity index (χ0v) is 51.7. The Morgan fingerprint density at radius 1 is 0.330 bits per heavy atom. The molecule has 0 unspecified atom stereocenters. The maximum Gasteiger partial charge on any atom is 0.260 e. The zero-order chi connectivity index (χ0) is 60.5. The summed E-state index contributed by atoms with van der Waals surface area (Å²) in [5.74, 6) is 5.22. The smallest absolute Gasteiger partial charge is 0.260 e. The SMILES string of the molecule is C1=CC(N2c3ccccc3B3c4ccc(N(c5ccccc5)c5ccccc5)cc4Oc4cccc2c43)=CCC1.CC.c1ccc2c(c1)Oc1c(N3c4ccccc4Sc4ccccc43)cc(N3c4ccccc4Sc4ccccc43)c3c1B2c1ccccc1O3. The van der Waals surface area contributed by atoms with Crippen molar-refractivity contribution in [3.63, 3.8) is 0 Å². The molecule has 0 amide bonds. The van der Waals surface area contributed by atoms with E-state index in [0.29, 0.717) is 0 Å². The van der Waals surface area contributed by atoms with Gasteiger partial charge in [0.05, 0.1) is 34.1 Å². The summed E-state index contributed by atoms with van der Waals surface area (Å²) in [6.07, 6.45) is 9.03. The number of fused-ring (bicyclic) bond motifs is 12. The van der Waals surface area contributed by atoms with Gasteiger partial charge < -0.3 is 33.8 Å². The summed E-state index contributed by atoms with van der Waals surface area (Å²) in [6.45, 7) is 4.03. The number of nitrogens with zero attached hydrogens (tertiary/aromatic N) is 4. The number of hydrogen-bond acceptors (Lipinski definition) is 9. The van der Waals surface area contributed by atoms with Gasteiger partial charge in [0.2, 0.25) is 0 Å². The molecule has 0 N–H and O–H groups in total. The number of anilines is 11. The summed E-state index contributed by atoms with van der Waals surface area (Å²) < 4.78 is 20.9. The highest BCUT2D eigenvalue weighted by molar-refractivity contribution is 8.00. The molecule has 6 aliphatic heterocycles. The predicted molar refractivity (Wildman–Crippen MR) is 380 cm³/mol. The first kappa shape index (κ1) is 54.7. The van der Waals surface area contributed by atoms with Crippen LogP contribution in [0.1, 0.15) is 26.7 Å². The van der Waals surface area contributed by atoms with E-state index in [4.69, 9.17) is 14.2 Å². The summed E-state index contributed by atoms with van der Waals surface area (Å²) in [7, 11) is 0. The second-order valence-corrected chi connectivity index (χ2v) is 25.1. The molecule has 7 aliphatic rings. The van der Waals surface area contributed by atoms with Crippen LogP contribution in [0.3, 0.4) is 0 Å². The monoisotopic (exact) mass is 1210 g/mol. The molecule has 0 aromatic heterocycles. The molecule has 19 rings (SSSR count). The van der Waals surface area contributed by atoms with Crippen molar-refractivity contribution in [1.82, 2.24) is 0 Å². The number of hydrogen-bond donors (Lipinski definition) is 0. The van der Waals surface area contributed by atoms with Crippen LogP contribution < -0.4 is 66.6 Å². The van der Waals surface area contributed by atoms with Crippen LogP contribution in [0.2, 0.25) is 0 Å². The van der Waals surface area contributed by atoms with Crippen LogP contribution in [-0.2, 0) is 0 Å². The van der Waals surface area contributed by atoms with Crippen molar-refractivity contribution < 1.29 is 14.2 Å². The van der Waals surface area contributed by atoms with E-state index in [1.807, 2.05) is 37.4 Å². The van der Waals surface area contributed by atoms with Gasteiger partial charge in [0.15, 0.2) is 11.5 Å². The average Bonchev–Trinajstić information content (AvgIpc) is 0.727. The van der Waals surface area contributed by atoms with Crippen LogP contribution in [0.5, 0.6) is 34.5 Å². The lowest BCUT2D eigenvalue weighted by Gasteiger charge is -2.41. The van der Waals surface area contributed by atoms with E-state index in [-0.39, 0.29) is 13.4 Å². The van der Waals surface area contributed by atoms with Gasteiger partial charge in [-0.1, -0.05) is 201 Å². The van der Waals surface area contributed by atoms with Gasteiger partial charge in [-0.05, 0) is 161 Å². The Morgan fingerprint density at radius 2 is 0.769 bits per heavy atom. The van der Waals surface area contributed by atoms with E-state index in [1.54, 1.807) is 0 Å². The van der Waals surface area contributed by atoms with Crippen LogP contribution in [0.4, 0.5) is 62.6 Å². The molecule has 91 heavy (non-hydrogen) atoms. The largest absolute Gasteiger partial charge is 0.458 e. The summed E-state index contributed by atoms with van der Waals surface area (Å²) in [4.78, 5) is 14.3. The first-order valence-electron chi connectivity index (χ1n) is 31.4. The molecule has 7 nitrogen and oxygen atoms in total. The van der Waals surface area contributed by atoms with Crippen LogP contribution >= 0.6 is 23.5 Å². The van der Waals surface area contributed by atoms with Crippen molar-refractivity contribution in [3.8, 4) is 34.5 Å². The van der Waals surface area contributed by atoms with Crippen LogP contribution in [0.25, 0.3) is 0 Å². The van der Waals surface area contributed by atoms with Crippen molar-refractivity contribution in [2.45, 2.75) is 46.3 Å². The number of para-hydroxylation sites is 9. The molecule has 434 valence electrons. The van der Waals surface area contributed by atoms with Gasteiger partial charge in [-0.3, -0.25) is 0 Å². The summed E-state index contributed by atoms with van der Waals surface area (Å²) in [6, 6.07) is 96.9. The van der Waals surface area contributed by atoms with E-state index in [2.05, 4.69) is 311 Å². The van der Waals surface area contributed by atoms with Crippen LogP contribution in [0, 0.1) is 0 Å². The van der Waals surface area contributed by atoms with E-state index in [1.165, 1.54) is 53.0 Å². The van der Waals surface area contributed by atoms with Crippen molar-refractivity contribution in [2.24, 2.45) is 0 Å². The van der Waals surface area contributed by atoms with Crippen molar-refractivity contribution in [3.05, 3.63) is 297 Å². The Morgan fingerprint density at radius 3 is 1.30 bits per heavy atom. The Hall–Kier alpha value is -10.5. The van der Waals surface area contributed by atoms with Crippen molar-refractivity contribution >= 4 is 132 Å². The normalized spacial score (nSPS) is 14.0. The number of benzene rings is 12. The molecule has 0 saturated carbocycles. The second kappa shape index (κ2) is 22.9. The minimum Gasteiger partial charge on any atom is -0.458 e. The van der Waals surface area contributed by atoms with Gasteiger partial charge in [0.1, 0.15) is 23.0 Å². The molecule has 0 fully saturated rings. The third kappa shape index (κ3) is 9.08. The van der Waals surface area contributed by atoms with Crippen LogP contribution in [0.15, 0.2) is 316 Å². The number of ether oxygens (including phenoxy) is 3. The highest BCUT2D eigenvalue weighted by Gasteiger charge is 2.46. The molecule has 0 bridgehead atoms. The molecule has 0 saturated heterocycles. The van der Waals surface area contributed by atoms with Gasteiger partial charge in [0, 0.05) is 65.2 Å². The van der Waals surface area contributed by atoms with Gasteiger partial charge in [-0.2, -0.15) is 0 Å². The van der Waals surface area contributed by atoms with Crippen molar-refractivity contribution in [2.75, 3.05) is 19.6 Å². The fraction of sp³-hybridized carbons (Fsp3) is 0.0500. The van der Waals surface area contributed by atoms with Gasteiger partial charge in [0.25, 0.3) is 13.4 Å². The Labute approximate surface area is 540 Å². The second-order valence-electron chi connectivity index (χ2n) is 22.9. The molecular formula is C80H58B2N4O3S2. The van der Waals surface area contributed by atoms with E-state index >= 15 is 0 Å². The van der Waals surface area contributed by atoms with Gasteiger partial charge in [-0.25, -0.2) is 0 Å². The van der Waals surface area contributed by atoms with Crippen molar-refractivity contribution in [1.29, 1.82) is 0 Å². The highest BCUT2D eigenvalue weighted by Crippen LogP contribution is 2.59. The fourth-order valence-corrected chi connectivity index (χ4v) is 16.2. The molecule has 0 spiro atoms. The summed E-state index contributed by atoms with van der Waals surface area (Å²) in [5, 5.41) is 0. The Bertz CT molecular complexity index is 4630. The Balaban J connectivity index is 0.000000139. The Kier molecular flexibility index (Phi) is 13.7. The zero-order valence-electron chi connectivity index (χ0n) is 50.1. The summed E-state index contributed by atoms with van der Waals surface area (Å²) in [5.41, 5.74) is 20.5. The maximum absolute atomic E-state index is 7.08. The maximum atomic E-state index is 7.08. The standard InChI is InChI=1S/C42H25BN2O2S2.C36H27BN2O.C2H6/c1-7-19-34-26(13-1)43-27-14-2-8-20-35(27)47-42-33(45-30-17-5-11-23-38(30)49-39-24-12-6-18-31(39)45)25-32(41(46-34)40(42)43)44-28-15-3-9-21-36(28)48-37-22-10-4-16-29(37)44;1-4-13-26(14-5-1)38(27-15-6-2-7-16-27)29-23-24-31-35(25-29)40-34-22-12-21-33-36(34)37(31)30-19-10-11-20-32(30)39(33)28-17-8-3-9-18-28;1-2/h1-25H;1-2,4-8,10-25H,3,9H2;1-2H3. The fourth-order valence-electron chi connectivity index (χ4n) is 14.1. The molecule has 11 heteroatoms. The van der Waals surface area contributed by atoms with E-state index < -0.39 is 0 Å². The van der Waals surface area contributed by atoms with Gasteiger partial charge >= 0.3 is 0 Å². The lowest BCUT2D eigenvalue weighted by Crippen LogP contribution is -2.59. The molecule has 12 aromatic rings. The lowest BCUT2D eigenvalue weighted by atomic mass is 9.34. The van der Waals surface area contributed by atoms with E-state index in [0.717, 1.165) is 115 Å². The third-order valence-corrected chi connectivity index (χ3v) is 20.1. The lowest BCUT2D eigenvalue weighted by molar-refractivity contribution is 0.466.